The van der Waals surface area contributed by atoms with Gasteiger partial charge in [-0.2, -0.15) is 0 Å². The topological polar surface area (TPSA) is 31.6 Å². The zero-order chi connectivity index (χ0) is 22.2. The second-order valence-corrected chi connectivity index (χ2v) is 8.69. The smallest absolute Gasteiger partial charge is 0.0464 e. The lowest BCUT2D eigenvalue weighted by Crippen LogP contribution is -1.89. The van der Waals surface area contributed by atoms with Crippen molar-refractivity contribution in [3.05, 3.63) is 107 Å². The van der Waals surface area contributed by atoms with Crippen molar-refractivity contribution < 1.29 is 0 Å². The fourth-order valence-electron chi connectivity index (χ4n) is 4.75. The molecule has 0 atom stereocenters. The Bertz CT molecular complexity index is 1270. The minimum absolute atomic E-state index is 1.13. The normalized spacial score (nSPS) is 11.1. The van der Waals surface area contributed by atoms with E-state index >= 15 is 0 Å². The largest absolute Gasteiger partial charge is 0.355 e. The molecule has 0 radical (unpaired) electrons. The van der Waals surface area contributed by atoms with Crippen molar-refractivity contribution in [2.24, 2.45) is 0 Å². The molecule has 0 bridgehead atoms. The predicted octanol–water partition coefficient (Wildman–Crippen LogP) is 8.24. The molecule has 5 rings (SSSR count). The SMILES string of the molecule is Cc1cccc(C)c1-c1ccc(-c2cccc(-c3ccc(-c4c(C)cccc4C)[nH]3)c2)[nH]1. The van der Waals surface area contributed by atoms with Crippen LogP contribution >= 0.6 is 0 Å². The minimum Gasteiger partial charge on any atom is -0.355 e. The highest BCUT2D eigenvalue weighted by atomic mass is 14.7. The second-order valence-electron chi connectivity index (χ2n) is 8.69. The summed E-state index contributed by atoms with van der Waals surface area (Å²) in [6, 6.07) is 30.3. The first-order valence-corrected chi connectivity index (χ1v) is 11.1. The highest BCUT2D eigenvalue weighted by molar-refractivity contribution is 5.77. The highest BCUT2D eigenvalue weighted by Gasteiger charge is 2.11. The van der Waals surface area contributed by atoms with Crippen LogP contribution in [0, 0.1) is 27.7 Å². The number of rotatable bonds is 4. The number of hydrogen-bond acceptors (Lipinski definition) is 0. The third kappa shape index (κ3) is 3.58. The van der Waals surface area contributed by atoms with Crippen molar-refractivity contribution in [3.8, 4) is 45.0 Å². The van der Waals surface area contributed by atoms with Crippen molar-refractivity contribution in [3.63, 3.8) is 0 Å². The Morgan fingerprint density at radius 1 is 0.406 bits per heavy atom. The van der Waals surface area contributed by atoms with Crippen molar-refractivity contribution in [2.75, 3.05) is 0 Å². The van der Waals surface area contributed by atoms with E-state index in [1.165, 1.54) is 44.5 Å². The summed E-state index contributed by atoms with van der Waals surface area (Å²) in [6.07, 6.45) is 0. The van der Waals surface area contributed by atoms with Crippen LogP contribution in [0.2, 0.25) is 0 Å². The molecule has 0 aliphatic heterocycles. The number of hydrogen-bond donors (Lipinski definition) is 2. The van der Waals surface area contributed by atoms with Gasteiger partial charge < -0.3 is 9.97 Å². The van der Waals surface area contributed by atoms with Crippen molar-refractivity contribution in [1.82, 2.24) is 9.97 Å². The summed E-state index contributed by atoms with van der Waals surface area (Å²) in [5.41, 5.74) is 14.7. The van der Waals surface area contributed by atoms with E-state index in [9.17, 15) is 0 Å². The molecule has 0 fully saturated rings. The molecule has 158 valence electrons. The van der Waals surface area contributed by atoms with E-state index < -0.39 is 0 Å². The molecule has 0 amide bonds. The van der Waals surface area contributed by atoms with Crippen LogP contribution < -0.4 is 0 Å². The molecule has 0 saturated heterocycles. The predicted molar refractivity (Wildman–Crippen MR) is 136 cm³/mol. The van der Waals surface area contributed by atoms with E-state index in [1.807, 2.05) is 0 Å². The molecule has 3 aromatic carbocycles. The van der Waals surface area contributed by atoms with Gasteiger partial charge in [0.2, 0.25) is 0 Å². The average Bonchev–Trinajstić information content (AvgIpc) is 3.44. The van der Waals surface area contributed by atoms with Crippen molar-refractivity contribution in [1.29, 1.82) is 0 Å². The third-order valence-electron chi connectivity index (χ3n) is 6.36. The van der Waals surface area contributed by atoms with Crippen LogP contribution in [-0.4, -0.2) is 9.97 Å². The highest BCUT2D eigenvalue weighted by Crippen LogP contribution is 2.33. The Morgan fingerprint density at radius 2 is 0.750 bits per heavy atom. The van der Waals surface area contributed by atoms with Gasteiger partial charge in [0.15, 0.2) is 0 Å². The van der Waals surface area contributed by atoms with Gasteiger partial charge in [0.25, 0.3) is 0 Å². The summed E-state index contributed by atoms with van der Waals surface area (Å²) < 4.78 is 0. The lowest BCUT2D eigenvalue weighted by molar-refractivity contribution is 1.32. The fraction of sp³-hybridized carbons (Fsp3) is 0.133. The number of benzene rings is 3. The van der Waals surface area contributed by atoms with Crippen molar-refractivity contribution >= 4 is 0 Å². The van der Waals surface area contributed by atoms with Crippen LogP contribution in [-0.2, 0) is 0 Å². The minimum atomic E-state index is 1.13. The molecule has 0 saturated carbocycles. The number of nitrogens with one attached hydrogen (secondary N) is 2. The molecule has 2 N–H and O–H groups in total. The monoisotopic (exact) mass is 416 g/mol. The van der Waals surface area contributed by atoms with Crippen LogP contribution in [0.1, 0.15) is 22.3 Å². The van der Waals surface area contributed by atoms with Crippen LogP contribution in [0.5, 0.6) is 0 Å². The lowest BCUT2D eigenvalue weighted by atomic mass is 10.0. The van der Waals surface area contributed by atoms with Gasteiger partial charge in [-0.05, 0) is 91.4 Å². The summed E-state index contributed by atoms with van der Waals surface area (Å²) in [5.74, 6) is 0. The van der Waals surface area contributed by atoms with Crippen molar-refractivity contribution in [2.45, 2.75) is 27.7 Å². The Hall–Kier alpha value is -3.78. The third-order valence-corrected chi connectivity index (χ3v) is 6.36. The van der Waals surface area contributed by atoms with E-state index in [2.05, 4.69) is 123 Å². The summed E-state index contributed by atoms with van der Waals surface area (Å²) in [4.78, 5) is 7.28. The molecule has 32 heavy (non-hydrogen) atoms. The first kappa shape index (κ1) is 20.1. The van der Waals surface area contributed by atoms with E-state index in [-0.39, 0.29) is 0 Å². The molecular formula is C30H28N2. The molecule has 0 unspecified atom stereocenters. The van der Waals surface area contributed by atoms with E-state index in [4.69, 9.17) is 0 Å². The Labute approximate surface area is 190 Å². The molecule has 2 heteroatoms. The molecule has 5 aromatic rings. The Kier molecular flexibility index (Phi) is 5.07. The molecule has 0 spiro atoms. The van der Waals surface area contributed by atoms with E-state index in [1.54, 1.807) is 0 Å². The van der Waals surface area contributed by atoms with Gasteiger partial charge in [0, 0.05) is 33.9 Å². The number of aromatic nitrogens is 2. The van der Waals surface area contributed by atoms with Crippen LogP contribution in [0.15, 0.2) is 84.9 Å². The van der Waals surface area contributed by atoms with Crippen LogP contribution in [0.25, 0.3) is 45.0 Å². The summed E-state index contributed by atoms with van der Waals surface area (Å²) in [6.45, 7) is 8.68. The van der Waals surface area contributed by atoms with Crippen LogP contribution in [0.4, 0.5) is 0 Å². The fourth-order valence-corrected chi connectivity index (χ4v) is 4.75. The Morgan fingerprint density at radius 3 is 1.16 bits per heavy atom. The van der Waals surface area contributed by atoms with Crippen LogP contribution in [0.3, 0.4) is 0 Å². The maximum Gasteiger partial charge on any atom is 0.0464 e. The van der Waals surface area contributed by atoms with Gasteiger partial charge in [-0.1, -0.05) is 54.6 Å². The zero-order valence-electron chi connectivity index (χ0n) is 19.1. The zero-order valence-corrected chi connectivity index (χ0v) is 19.1. The van der Waals surface area contributed by atoms with Gasteiger partial charge in [-0.25, -0.2) is 0 Å². The van der Waals surface area contributed by atoms with Gasteiger partial charge in [0.1, 0.15) is 0 Å². The van der Waals surface area contributed by atoms with Gasteiger partial charge in [-0.15, -0.1) is 0 Å². The van der Waals surface area contributed by atoms with Gasteiger partial charge >= 0.3 is 0 Å². The summed E-state index contributed by atoms with van der Waals surface area (Å²) in [5, 5.41) is 0. The standard InChI is InChI=1S/C30H28N2/c1-19-8-5-9-20(2)29(19)27-16-14-25(31-27)23-12-7-13-24(18-23)26-15-17-28(32-26)30-21(3)10-6-11-22(30)4/h5-18,31-32H,1-4H3. The number of aryl methyl sites for hydroxylation is 4. The quantitative estimate of drug-likeness (QED) is 0.296. The molecular weight excluding hydrogens is 388 g/mol. The number of aromatic amines is 2. The first-order chi connectivity index (χ1) is 15.5. The van der Waals surface area contributed by atoms with E-state index in [0.29, 0.717) is 0 Å². The maximum absolute atomic E-state index is 3.64. The molecule has 0 aliphatic carbocycles. The molecule has 0 aliphatic rings. The summed E-state index contributed by atoms with van der Waals surface area (Å²) in [7, 11) is 0. The average molecular weight is 417 g/mol. The second kappa shape index (κ2) is 8.05. The molecule has 2 nitrogen and oxygen atoms in total. The number of H-pyrrole nitrogens is 2. The molecule has 2 aromatic heterocycles. The maximum atomic E-state index is 3.64. The lowest BCUT2D eigenvalue weighted by Gasteiger charge is -2.08. The van der Waals surface area contributed by atoms with E-state index in [0.717, 1.165) is 22.8 Å². The summed E-state index contributed by atoms with van der Waals surface area (Å²) >= 11 is 0. The van der Waals surface area contributed by atoms with Gasteiger partial charge in [0.05, 0.1) is 0 Å². The van der Waals surface area contributed by atoms with Gasteiger partial charge in [-0.3, -0.25) is 0 Å². The first-order valence-electron chi connectivity index (χ1n) is 11.1. The molecule has 2 heterocycles. The Balaban J connectivity index is 1.49.